The van der Waals surface area contributed by atoms with Crippen LogP contribution in [0, 0.1) is 0 Å². The molecule has 0 atom stereocenters. The summed E-state index contributed by atoms with van der Waals surface area (Å²) >= 11 is 0. The van der Waals surface area contributed by atoms with Crippen LogP contribution in [0.3, 0.4) is 0 Å². The summed E-state index contributed by atoms with van der Waals surface area (Å²) in [6.07, 6.45) is 11.7. The van der Waals surface area contributed by atoms with E-state index in [1.165, 1.54) is 32.8 Å². The van der Waals surface area contributed by atoms with Gasteiger partial charge in [-0.15, -0.1) is 0 Å². The molecule has 0 unspecified atom stereocenters. The number of ether oxygens (including phenoxy) is 2. The minimum atomic E-state index is -0.326. The normalized spacial score (nSPS) is 10.8. The number of rotatable bonds is 10. The van der Waals surface area contributed by atoms with Gasteiger partial charge in [-0.05, 0) is 43.5 Å². The topological polar surface area (TPSA) is 35.5 Å². The lowest BCUT2D eigenvalue weighted by Gasteiger charge is -2.05. The first-order chi connectivity index (χ1) is 10.3. The summed E-state index contributed by atoms with van der Waals surface area (Å²) in [4.78, 5) is 11.3. The molecule has 0 fully saturated rings. The Morgan fingerprint density at radius 2 is 1.76 bits per heavy atom. The summed E-state index contributed by atoms with van der Waals surface area (Å²) in [6.45, 7) is 2.88. The molecule has 3 nitrogen and oxygen atoms in total. The number of carbonyl (C=O) groups excluding carboxylic acids is 1. The first kappa shape index (κ1) is 17.3. The Balaban J connectivity index is 2.15. The van der Waals surface area contributed by atoms with E-state index in [4.69, 9.17) is 4.74 Å². The van der Waals surface area contributed by atoms with E-state index in [0.29, 0.717) is 12.2 Å². The van der Waals surface area contributed by atoms with Gasteiger partial charge in [-0.1, -0.05) is 38.3 Å². The van der Waals surface area contributed by atoms with E-state index in [-0.39, 0.29) is 5.97 Å². The molecule has 0 saturated carbocycles. The van der Waals surface area contributed by atoms with Gasteiger partial charge in [-0.25, -0.2) is 4.79 Å². The highest BCUT2D eigenvalue weighted by Crippen LogP contribution is 2.13. The summed E-state index contributed by atoms with van der Waals surface area (Å²) in [5.74, 6) is 0.451. The second-order valence-corrected chi connectivity index (χ2v) is 4.97. The predicted molar refractivity (Wildman–Crippen MR) is 85.8 cm³/mol. The first-order valence-corrected chi connectivity index (χ1v) is 7.74. The van der Waals surface area contributed by atoms with Crippen LogP contribution in [-0.2, 0) is 4.74 Å². The Bertz CT molecular complexity index is 421. The zero-order valence-electron chi connectivity index (χ0n) is 13.1. The Labute approximate surface area is 128 Å². The molecule has 0 aliphatic rings. The summed E-state index contributed by atoms with van der Waals surface area (Å²) < 4.78 is 10.3. The zero-order chi connectivity index (χ0) is 15.3. The van der Waals surface area contributed by atoms with Crippen molar-refractivity contribution < 1.29 is 14.3 Å². The minimum Gasteiger partial charge on any atom is -0.493 e. The van der Waals surface area contributed by atoms with Crippen molar-refractivity contribution in [3.63, 3.8) is 0 Å². The molecular formula is C18H26O3. The van der Waals surface area contributed by atoms with Crippen molar-refractivity contribution >= 4 is 5.97 Å². The number of unbranched alkanes of at least 4 members (excludes halogenated alkanes) is 4. The fourth-order valence-electron chi connectivity index (χ4n) is 1.97. The van der Waals surface area contributed by atoms with E-state index in [1.54, 1.807) is 24.3 Å². The zero-order valence-corrected chi connectivity index (χ0v) is 13.1. The van der Waals surface area contributed by atoms with Crippen molar-refractivity contribution in [1.82, 2.24) is 0 Å². The highest BCUT2D eigenvalue weighted by atomic mass is 16.5. The molecule has 0 N–H and O–H groups in total. The molecule has 0 heterocycles. The van der Waals surface area contributed by atoms with Crippen molar-refractivity contribution in [3.8, 4) is 5.75 Å². The molecule has 0 saturated heterocycles. The van der Waals surface area contributed by atoms with Crippen molar-refractivity contribution in [2.24, 2.45) is 0 Å². The Morgan fingerprint density at radius 3 is 2.43 bits per heavy atom. The van der Waals surface area contributed by atoms with Crippen LogP contribution in [0.15, 0.2) is 36.4 Å². The van der Waals surface area contributed by atoms with E-state index in [2.05, 4.69) is 23.8 Å². The quantitative estimate of drug-likeness (QED) is 0.354. The van der Waals surface area contributed by atoms with Gasteiger partial charge in [0.1, 0.15) is 5.75 Å². The van der Waals surface area contributed by atoms with Crippen LogP contribution >= 0.6 is 0 Å². The van der Waals surface area contributed by atoms with Crippen LogP contribution in [0.2, 0.25) is 0 Å². The van der Waals surface area contributed by atoms with Gasteiger partial charge < -0.3 is 9.47 Å². The Hall–Kier alpha value is -1.77. The van der Waals surface area contributed by atoms with Crippen LogP contribution in [-0.4, -0.2) is 19.7 Å². The molecule has 21 heavy (non-hydrogen) atoms. The van der Waals surface area contributed by atoms with Crippen LogP contribution in [0.4, 0.5) is 0 Å². The standard InChI is InChI=1S/C18H26O3/c1-3-4-5-6-7-8-9-10-15-21-17-13-11-16(12-14-17)18(19)20-2/h8-9,11-14H,3-7,10,15H2,1-2H3/b9-8+. The highest BCUT2D eigenvalue weighted by Gasteiger charge is 2.04. The maximum atomic E-state index is 11.3. The lowest BCUT2D eigenvalue weighted by molar-refractivity contribution is 0.0600. The van der Waals surface area contributed by atoms with Crippen molar-refractivity contribution in [2.45, 2.75) is 45.4 Å². The van der Waals surface area contributed by atoms with E-state index in [1.807, 2.05) is 0 Å². The van der Waals surface area contributed by atoms with Crippen molar-refractivity contribution in [1.29, 1.82) is 0 Å². The second-order valence-electron chi connectivity index (χ2n) is 4.97. The summed E-state index contributed by atoms with van der Waals surface area (Å²) in [6, 6.07) is 7.01. The molecule has 0 aromatic heterocycles. The largest absolute Gasteiger partial charge is 0.493 e. The Kier molecular flexibility index (Phi) is 9.01. The summed E-state index contributed by atoms with van der Waals surface area (Å²) in [5.41, 5.74) is 0.539. The lowest BCUT2D eigenvalue weighted by Crippen LogP contribution is -2.01. The van der Waals surface area contributed by atoms with E-state index in [0.717, 1.165) is 18.6 Å². The number of benzene rings is 1. The summed E-state index contributed by atoms with van der Waals surface area (Å²) in [5, 5.41) is 0. The van der Waals surface area contributed by atoms with Crippen molar-refractivity contribution in [3.05, 3.63) is 42.0 Å². The third-order valence-electron chi connectivity index (χ3n) is 3.22. The van der Waals surface area contributed by atoms with E-state index >= 15 is 0 Å². The summed E-state index contributed by atoms with van der Waals surface area (Å²) in [7, 11) is 1.38. The first-order valence-electron chi connectivity index (χ1n) is 7.74. The average molecular weight is 290 g/mol. The highest BCUT2D eigenvalue weighted by molar-refractivity contribution is 5.89. The van der Waals surface area contributed by atoms with Gasteiger partial charge in [0.25, 0.3) is 0 Å². The number of allylic oxidation sites excluding steroid dienone is 1. The molecule has 0 amide bonds. The molecule has 0 aliphatic heterocycles. The van der Waals surface area contributed by atoms with E-state index < -0.39 is 0 Å². The van der Waals surface area contributed by atoms with Gasteiger partial charge in [0.2, 0.25) is 0 Å². The molecule has 116 valence electrons. The predicted octanol–water partition coefficient (Wildman–Crippen LogP) is 4.77. The molecular weight excluding hydrogens is 264 g/mol. The minimum absolute atomic E-state index is 0.326. The second kappa shape index (κ2) is 11.0. The van der Waals surface area contributed by atoms with Gasteiger partial charge in [-0.2, -0.15) is 0 Å². The molecule has 0 aliphatic carbocycles. The molecule has 1 rings (SSSR count). The van der Waals surface area contributed by atoms with Crippen molar-refractivity contribution in [2.75, 3.05) is 13.7 Å². The number of carbonyl (C=O) groups is 1. The Morgan fingerprint density at radius 1 is 1.05 bits per heavy atom. The maximum absolute atomic E-state index is 11.3. The molecule has 0 bridgehead atoms. The SMILES string of the molecule is CCCCCC/C=C/CCOc1ccc(C(=O)OC)cc1. The van der Waals surface area contributed by atoms with Gasteiger partial charge in [0.05, 0.1) is 19.3 Å². The lowest BCUT2D eigenvalue weighted by atomic mass is 10.1. The molecule has 1 aromatic carbocycles. The number of methoxy groups -OCH3 is 1. The third kappa shape index (κ3) is 7.54. The molecule has 3 heteroatoms. The van der Waals surface area contributed by atoms with Gasteiger partial charge in [0, 0.05) is 0 Å². The van der Waals surface area contributed by atoms with Gasteiger partial charge in [-0.3, -0.25) is 0 Å². The van der Waals surface area contributed by atoms with Gasteiger partial charge >= 0.3 is 5.97 Å². The fraction of sp³-hybridized carbons (Fsp3) is 0.500. The number of hydrogen-bond donors (Lipinski definition) is 0. The van der Waals surface area contributed by atoms with Crippen LogP contribution in [0.25, 0.3) is 0 Å². The van der Waals surface area contributed by atoms with E-state index in [9.17, 15) is 4.79 Å². The smallest absolute Gasteiger partial charge is 0.337 e. The number of esters is 1. The van der Waals surface area contributed by atoms with Crippen LogP contribution in [0.5, 0.6) is 5.75 Å². The maximum Gasteiger partial charge on any atom is 0.337 e. The molecule has 1 aromatic rings. The average Bonchev–Trinajstić information content (AvgIpc) is 2.53. The fourth-order valence-corrected chi connectivity index (χ4v) is 1.97. The van der Waals surface area contributed by atoms with Crippen LogP contribution < -0.4 is 4.74 Å². The molecule has 0 spiro atoms. The van der Waals surface area contributed by atoms with Crippen LogP contribution in [0.1, 0.15) is 55.8 Å². The molecule has 0 radical (unpaired) electrons. The number of hydrogen-bond acceptors (Lipinski definition) is 3. The monoisotopic (exact) mass is 290 g/mol. The van der Waals surface area contributed by atoms with Gasteiger partial charge in [0.15, 0.2) is 0 Å². The third-order valence-corrected chi connectivity index (χ3v) is 3.22.